The van der Waals surface area contributed by atoms with Crippen molar-refractivity contribution in [3.05, 3.63) is 70.7 Å². The number of carbonyl (C=O) groups excluding carboxylic acids is 2. The van der Waals surface area contributed by atoms with Gasteiger partial charge in [-0.2, -0.15) is 0 Å². The summed E-state index contributed by atoms with van der Waals surface area (Å²) in [6, 6.07) is 15.6. The molecule has 2 saturated heterocycles. The molecule has 8 nitrogen and oxygen atoms in total. The van der Waals surface area contributed by atoms with Crippen LogP contribution in [-0.4, -0.2) is 69.8 Å². The molecule has 0 spiro atoms. The highest BCUT2D eigenvalue weighted by atomic mass is 32.1. The van der Waals surface area contributed by atoms with Crippen molar-refractivity contribution in [2.45, 2.75) is 12.1 Å². The number of hydrogen-bond donors (Lipinski definition) is 1. The van der Waals surface area contributed by atoms with Crippen molar-refractivity contribution in [3.63, 3.8) is 0 Å². The number of thiazole rings is 1. The molecule has 2 fully saturated rings. The standard InChI is InChI=1S/C24H21N5O3S/c30-21(23-25-8-9-33-23)26-17-11-28(12-17)18-13-29(14-18)24(31)16-6-7-19-20(10-16)32-22(27-19)15-4-2-1-3-5-15/h1-10,17-18H,11-14H2,(H,26,30). The van der Waals surface area contributed by atoms with Crippen molar-refractivity contribution < 1.29 is 14.0 Å². The van der Waals surface area contributed by atoms with Gasteiger partial charge in [0.15, 0.2) is 10.6 Å². The summed E-state index contributed by atoms with van der Waals surface area (Å²) in [5.41, 5.74) is 2.86. The summed E-state index contributed by atoms with van der Waals surface area (Å²) in [7, 11) is 0. The Balaban J connectivity index is 1.04. The van der Waals surface area contributed by atoms with Crippen molar-refractivity contribution in [3.8, 4) is 11.5 Å². The molecular weight excluding hydrogens is 438 g/mol. The lowest BCUT2D eigenvalue weighted by atomic mass is 9.98. The fraction of sp³-hybridized carbons (Fsp3) is 0.250. The van der Waals surface area contributed by atoms with Crippen molar-refractivity contribution in [1.29, 1.82) is 0 Å². The van der Waals surface area contributed by atoms with Crippen LogP contribution in [0.2, 0.25) is 0 Å². The third kappa shape index (κ3) is 3.79. The molecule has 2 aromatic heterocycles. The minimum atomic E-state index is -0.113. The molecule has 2 aliphatic rings. The lowest BCUT2D eigenvalue weighted by molar-refractivity contribution is -0.00941. The summed E-state index contributed by atoms with van der Waals surface area (Å²) in [5, 5.41) is 5.30. The highest BCUT2D eigenvalue weighted by Gasteiger charge is 2.41. The van der Waals surface area contributed by atoms with Gasteiger partial charge < -0.3 is 14.6 Å². The van der Waals surface area contributed by atoms with E-state index < -0.39 is 0 Å². The number of nitrogens with one attached hydrogen (secondary N) is 1. The largest absolute Gasteiger partial charge is 0.436 e. The van der Waals surface area contributed by atoms with Crippen LogP contribution in [0, 0.1) is 0 Å². The molecule has 4 aromatic rings. The molecule has 6 rings (SSSR count). The predicted octanol–water partition coefficient (Wildman–Crippen LogP) is 2.89. The molecule has 0 unspecified atom stereocenters. The van der Waals surface area contributed by atoms with E-state index in [9.17, 15) is 9.59 Å². The zero-order valence-corrected chi connectivity index (χ0v) is 18.5. The average molecular weight is 460 g/mol. The Hall–Kier alpha value is -3.56. The van der Waals surface area contributed by atoms with Crippen LogP contribution in [-0.2, 0) is 0 Å². The number of rotatable bonds is 5. The molecule has 33 heavy (non-hydrogen) atoms. The molecule has 4 heterocycles. The molecule has 0 saturated carbocycles. The molecule has 2 amide bonds. The van der Waals surface area contributed by atoms with E-state index in [4.69, 9.17) is 4.42 Å². The first-order valence-electron chi connectivity index (χ1n) is 10.8. The minimum absolute atomic E-state index is 0.0000397. The van der Waals surface area contributed by atoms with Gasteiger partial charge in [-0.15, -0.1) is 11.3 Å². The van der Waals surface area contributed by atoms with Crippen LogP contribution in [0.25, 0.3) is 22.6 Å². The molecule has 0 bridgehead atoms. The topological polar surface area (TPSA) is 91.6 Å². The summed E-state index contributed by atoms with van der Waals surface area (Å²) in [6.45, 7) is 2.98. The van der Waals surface area contributed by atoms with Crippen molar-refractivity contribution in [2.75, 3.05) is 26.2 Å². The highest BCUT2D eigenvalue weighted by Crippen LogP contribution is 2.27. The number of amides is 2. The Morgan fingerprint density at radius 1 is 1.06 bits per heavy atom. The van der Waals surface area contributed by atoms with Crippen LogP contribution >= 0.6 is 11.3 Å². The molecule has 2 aliphatic heterocycles. The Labute approximate surface area is 193 Å². The number of fused-ring (bicyclic) bond motifs is 1. The van der Waals surface area contributed by atoms with E-state index in [2.05, 4.69) is 20.2 Å². The van der Waals surface area contributed by atoms with Gasteiger partial charge in [-0.3, -0.25) is 14.5 Å². The third-order valence-corrected chi connectivity index (χ3v) is 6.97. The van der Waals surface area contributed by atoms with Gasteiger partial charge in [0.25, 0.3) is 11.8 Å². The smallest absolute Gasteiger partial charge is 0.280 e. The van der Waals surface area contributed by atoms with Crippen LogP contribution in [0.3, 0.4) is 0 Å². The van der Waals surface area contributed by atoms with E-state index in [0.717, 1.165) is 24.2 Å². The van der Waals surface area contributed by atoms with Gasteiger partial charge in [0.05, 0.1) is 6.04 Å². The molecule has 0 aliphatic carbocycles. The second kappa shape index (κ2) is 8.09. The Morgan fingerprint density at radius 3 is 2.64 bits per heavy atom. The van der Waals surface area contributed by atoms with E-state index in [1.807, 2.05) is 47.4 Å². The predicted molar refractivity (Wildman–Crippen MR) is 124 cm³/mol. The molecule has 0 atom stereocenters. The molecule has 166 valence electrons. The van der Waals surface area contributed by atoms with Crippen molar-refractivity contribution in [1.82, 2.24) is 25.1 Å². The number of likely N-dealkylation sites (tertiary alicyclic amines) is 2. The van der Waals surface area contributed by atoms with Crippen molar-refractivity contribution >= 4 is 34.3 Å². The average Bonchev–Trinajstić information content (AvgIpc) is 3.46. The van der Waals surface area contributed by atoms with Gasteiger partial charge in [-0.25, -0.2) is 9.97 Å². The number of nitrogens with zero attached hydrogens (tertiary/aromatic N) is 4. The Bertz CT molecular complexity index is 1310. The van der Waals surface area contributed by atoms with E-state index in [-0.39, 0.29) is 17.9 Å². The maximum Gasteiger partial charge on any atom is 0.280 e. The van der Waals surface area contributed by atoms with Gasteiger partial charge in [0.2, 0.25) is 5.89 Å². The van der Waals surface area contributed by atoms with Gasteiger partial charge in [0.1, 0.15) is 5.52 Å². The lowest BCUT2D eigenvalue weighted by Gasteiger charge is -2.51. The van der Waals surface area contributed by atoms with Gasteiger partial charge in [-0.1, -0.05) is 18.2 Å². The Kier molecular flexibility index (Phi) is 4.92. The number of benzene rings is 2. The highest BCUT2D eigenvalue weighted by molar-refractivity contribution is 7.11. The second-order valence-electron chi connectivity index (χ2n) is 8.39. The quantitative estimate of drug-likeness (QED) is 0.494. The van der Waals surface area contributed by atoms with Crippen LogP contribution in [0.15, 0.2) is 64.5 Å². The van der Waals surface area contributed by atoms with Crippen LogP contribution in [0.4, 0.5) is 0 Å². The van der Waals surface area contributed by atoms with Crippen LogP contribution in [0.1, 0.15) is 20.2 Å². The lowest BCUT2D eigenvalue weighted by Crippen LogP contribution is -2.70. The normalized spacial score (nSPS) is 17.0. The molecule has 9 heteroatoms. The van der Waals surface area contributed by atoms with E-state index in [1.165, 1.54) is 11.3 Å². The molecule has 0 radical (unpaired) electrons. The van der Waals surface area contributed by atoms with E-state index in [0.29, 0.717) is 41.2 Å². The van der Waals surface area contributed by atoms with Crippen molar-refractivity contribution in [2.24, 2.45) is 0 Å². The summed E-state index contributed by atoms with van der Waals surface area (Å²) in [4.78, 5) is 37.8. The first-order chi connectivity index (χ1) is 16.1. The second-order valence-corrected chi connectivity index (χ2v) is 9.29. The van der Waals surface area contributed by atoms with Gasteiger partial charge in [-0.05, 0) is 30.3 Å². The first kappa shape index (κ1) is 20.1. The number of carbonyl (C=O) groups is 2. The van der Waals surface area contributed by atoms with Gasteiger partial charge in [0, 0.05) is 54.9 Å². The summed E-state index contributed by atoms with van der Waals surface area (Å²) in [6.07, 6.45) is 1.63. The molecular formula is C24H21N5O3S. The third-order valence-electron chi connectivity index (χ3n) is 6.19. The molecule has 2 aromatic carbocycles. The fourth-order valence-electron chi connectivity index (χ4n) is 4.28. The summed E-state index contributed by atoms with van der Waals surface area (Å²) >= 11 is 1.34. The minimum Gasteiger partial charge on any atom is -0.436 e. The number of oxazole rings is 1. The maximum absolute atomic E-state index is 12.9. The first-order valence-corrected chi connectivity index (χ1v) is 11.7. The van der Waals surface area contributed by atoms with Crippen LogP contribution < -0.4 is 5.32 Å². The molecule has 1 N–H and O–H groups in total. The zero-order valence-electron chi connectivity index (χ0n) is 17.7. The zero-order chi connectivity index (χ0) is 22.4. The number of hydrogen-bond acceptors (Lipinski definition) is 7. The summed E-state index contributed by atoms with van der Waals surface area (Å²) < 4.78 is 5.90. The SMILES string of the molecule is O=C(NC1CN(C2CN(C(=O)c3ccc4nc(-c5ccccc5)oc4c3)C2)C1)c1nccs1. The monoisotopic (exact) mass is 459 g/mol. The number of aromatic nitrogens is 2. The van der Waals surface area contributed by atoms with E-state index in [1.54, 1.807) is 17.6 Å². The van der Waals surface area contributed by atoms with Gasteiger partial charge >= 0.3 is 0 Å². The van der Waals surface area contributed by atoms with Crippen LogP contribution in [0.5, 0.6) is 0 Å². The fourth-order valence-corrected chi connectivity index (χ4v) is 4.82. The Morgan fingerprint density at radius 2 is 1.88 bits per heavy atom. The van der Waals surface area contributed by atoms with E-state index >= 15 is 0 Å². The summed E-state index contributed by atoms with van der Waals surface area (Å²) in [5.74, 6) is 0.437. The maximum atomic E-state index is 12.9.